The Morgan fingerprint density at radius 2 is 1.95 bits per heavy atom. The molecule has 0 unspecified atom stereocenters. The number of aromatic amines is 1. The van der Waals surface area contributed by atoms with Crippen molar-refractivity contribution in [3.63, 3.8) is 0 Å². The molecule has 1 amide bonds. The monoisotopic (exact) mass is 302 g/mol. The molecule has 1 aromatic heterocycles. The second-order valence-electron chi connectivity index (χ2n) is 5.61. The maximum atomic E-state index is 11.7. The van der Waals surface area contributed by atoms with Gasteiger partial charge in [-0.3, -0.25) is 4.79 Å². The molecule has 2 aromatic rings. The van der Waals surface area contributed by atoms with Gasteiger partial charge in [0.1, 0.15) is 5.82 Å². The minimum absolute atomic E-state index is 0.150. The molecule has 120 valence electrons. The summed E-state index contributed by atoms with van der Waals surface area (Å²) in [5.74, 6) is 1.13. The number of H-pyrrole nitrogens is 1. The molecule has 22 heavy (non-hydrogen) atoms. The Balaban J connectivity index is 1.57. The highest BCUT2D eigenvalue weighted by molar-refractivity contribution is 5.76. The van der Waals surface area contributed by atoms with Gasteiger partial charge in [0.05, 0.1) is 11.0 Å². The number of para-hydroxylation sites is 2. The molecule has 0 saturated heterocycles. The zero-order valence-electron chi connectivity index (χ0n) is 13.1. The van der Waals surface area contributed by atoms with Gasteiger partial charge in [-0.05, 0) is 37.9 Å². The molecule has 0 aliphatic carbocycles. The number of amides is 1. The molecule has 0 radical (unpaired) electrons. The first-order valence-electron chi connectivity index (χ1n) is 8.20. The fraction of sp³-hybridized carbons (Fsp3) is 0.529. The second kappa shape index (κ2) is 9.20. The summed E-state index contributed by atoms with van der Waals surface area (Å²) >= 11 is 0. The molecule has 0 aliphatic rings. The van der Waals surface area contributed by atoms with Crippen LogP contribution in [0.4, 0.5) is 0 Å². The molecule has 0 atom stereocenters. The molecule has 5 nitrogen and oxygen atoms in total. The number of nitrogens with one attached hydrogen (secondary N) is 2. The van der Waals surface area contributed by atoms with E-state index in [9.17, 15) is 4.79 Å². The third-order valence-corrected chi connectivity index (χ3v) is 3.71. The molecule has 1 heterocycles. The van der Waals surface area contributed by atoms with E-state index in [0.29, 0.717) is 13.0 Å². The van der Waals surface area contributed by atoms with Gasteiger partial charge in [-0.1, -0.05) is 25.0 Å². The van der Waals surface area contributed by atoms with Crippen molar-refractivity contribution in [2.45, 2.75) is 44.9 Å². The van der Waals surface area contributed by atoms with Gasteiger partial charge >= 0.3 is 0 Å². The third kappa shape index (κ3) is 5.48. The molecular formula is C17H26N4O. The van der Waals surface area contributed by atoms with Crippen LogP contribution in [0, 0.1) is 0 Å². The molecule has 2 rings (SSSR count). The van der Waals surface area contributed by atoms with Gasteiger partial charge in [0.2, 0.25) is 5.91 Å². The Kier molecular flexibility index (Phi) is 6.90. The smallest absolute Gasteiger partial charge is 0.219 e. The number of imidazole rings is 1. The van der Waals surface area contributed by atoms with Crippen LogP contribution in [-0.2, 0) is 11.2 Å². The predicted octanol–water partition coefficient (Wildman–Crippen LogP) is 2.52. The van der Waals surface area contributed by atoms with Gasteiger partial charge in [-0.25, -0.2) is 4.98 Å². The van der Waals surface area contributed by atoms with Crippen molar-refractivity contribution in [3.05, 3.63) is 30.1 Å². The van der Waals surface area contributed by atoms with E-state index in [-0.39, 0.29) is 5.91 Å². The summed E-state index contributed by atoms with van der Waals surface area (Å²) in [6.07, 6.45) is 6.59. The zero-order valence-corrected chi connectivity index (χ0v) is 13.1. The summed E-state index contributed by atoms with van der Waals surface area (Å²) in [5.41, 5.74) is 7.50. The minimum atomic E-state index is 0.150. The second-order valence-corrected chi connectivity index (χ2v) is 5.61. The Labute approximate surface area is 131 Å². The number of benzene rings is 1. The quantitative estimate of drug-likeness (QED) is 0.590. The first-order chi connectivity index (χ1) is 10.8. The number of carbonyl (C=O) groups is 1. The van der Waals surface area contributed by atoms with Crippen LogP contribution >= 0.6 is 0 Å². The molecular weight excluding hydrogens is 276 g/mol. The molecule has 0 saturated carbocycles. The molecule has 4 N–H and O–H groups in total. The van der Waals surface area contributed by atoms with Gasteiger partial charge in [0, 0.05) is 19.4 Å². The Hall–Kier alpha value is -1.88. The normalized spacial score (nSPS) is 11.0. The lowest BCUT2D eigenvalue weighted by Crippen LogP contribution is -2.24. The number of fused-ring (bicyclic) bond motifs is 1. The van der Waals surface area contributed by atoms with Crippen LogP contribution < -0.4 is 11.1 Å². The maximum absolute atomic E-state index is 11.7. The van der Waals surface area contributed by atoms with Crippen LogP contribution in [0.5, 0.6) is 0 Å². The molecule has 0 spiro atoms. The van der Waals surface area contributed by atoms with Crippen LogP contribution in [0.2, 0.25) is 0 Å². The molecule has 0 fully saturated rings. The van der Waals surface area contributed by atoms with E-state index in [4.69, 9.17) is 5.73 Å². The number of unbranched alkanes of at least 4 members (excludes halogenated alkanes) is 3. The lowest BCUT2D eigenvalue weighted by atomic mass is 10.1. The maximum Gasteiger partial charge on any atom is 0.219 e. The number of rotatable bonds is 10. The van der Waals surface area contributed by atoms with E-state index in [1.165, 1.54) is 0 Å². The average molecular weight is 302 g/mol. The van der Waals surface area contributed by atoms with Crippen LogP contribution in [0.15, 0.2) is 24.3 Å². The van der Waals surface area contributed by atoms with Crippen molar-refractivity contribution in [1.29, 1.82) is 0 Å². The summed E-state index contributed by atoms with van der Waals surface area (Å²) in [5, 5.41) is 2.97. The SMILES string of the molecule is NCCCCCCC(=O)NCCCc1nc2ccccc2[nH]1. The van der Waals surface area contributed by atoms with Gasteiger partial charge in [-0.2, -0.15) is 0 Å². The van der Waals surface area contributed by atoms with E-state index in [2.05, 4.69) is 15.3 Å². The van der Waals surface area contributed by atoms with E-state index >= 15 is 0 Å². The summed E-state index contributed by atoms with van der Waals surface area (Å²) in [4.78, 5) is 19.5. The first-order valence-corrected chi connectivity index (χ1v) is 8.20. The number of nitrogens with zero attached hydrogens (tertiary/aromatic N) is 1. The lowest BCUT2D eigenvalue weighted by molar-refractivity contribution is -0.121. The van der Waals surface area contributed by atoms with E-state index in [1.807, 2.05) is 24.3 Å². The minimum Gasteiger partial charge on any atom is -0.356 e. The highest BCUT2D eigenvalue weighted by Gasteiger charge is 2.03. The first kappa shape index (κ1) is 16.5. The zero-order chi connectivity index (χ0) is 15.6. The number of hydrogen-bond acceptors (Lipinski definition) is 3. The van der Waals surface area contributed by atoms with Gasteiger partial charge in [0.25, 0.3) is 0 Å². The van der Waals surface area contributed by atoms with Crippen molar-refractivity contribution < 1.29 is 4.79 Å². The van der Waals surface area contributed by atoms with E-state index in [1.54, 1.807) is 0 Å². The lowest BCUT2D eigenvalue weighted by Gasteiger charge is -2.04. The molecule has 5 heteroatoms. The van der Waals surface area contributed by atoms with E-state index < -0.39 is 0 Å². The standard InChI is InChI=1S/C17H26N4O/c18-12-6-2-1-3-11-17(22)19-13-7-10-16-20-14-8-4-5-9-15(14)21-16/h4-5,8-9H,1-3,6-7,10-13,18H2,(H,19,22)(H,20,21). The third-order valence-electron chi connectivity index (χ3n) is 3.71. The fourth-order valence-electron chi connectivity index (χ4n) is 2.48. The number of hydrogen-bond donors (Lipinski definition) is 3. The topological polar surface area (TPSA) is 83.8 Å². The van der Waals surface area contributed by atoms with Crippen molar-refractivity contribution >= 4 is 16.9 Å². The number of aryl methyl sites for hydroxylation is 1. The average Bonchev–Trinajstić information content (AvgIpc) is 2.94. The van der Waals surface area contributed by atoms with Crippen LogP contribution in [-0.4, -0.2) is 29.0 Å². The number of carbonyl (C=O) groups excluding carboxylic acids is 1. The Bertz CT molecular complexity index is 546. The summed E-state index contributed by atoms with van der Waals surface area (Å²) < 4.78 is 0. The number of nitrogens with two attached hydrogens (primary N) is 1. The molecule has 1 aromatic carbocycles. The van der Waals surface area contributed by atoms with Crippen LogP contribution in [0.25, 0.3) is 11.0 Å². The Morgan fingerprint density at radius 1 is 1.14 bits per heavy atom. The van der Waals surface area contributed by atoms with Gasteiger partial charge in [-0.15, -0.1) is 0 Å². The fourth-order valence-corrected chi connectivity index (χ4v) is 2.48. The van der Waals surface area contributed by atoms with E-state index in [0.717, 1.165) is 61.9 Å². The van der Waals surface area contributed by atoms with Crippen molar-refractivity contribution in [2.24, 2.45) is 5.73 Å². The van der Waals surface area contributed by atoms with Gasteiger partial charge < -0.3 is 16.0 Å². The Morgan fingerprint density at radius 3 is 2.77 bits per heavy atom. The summed E-state index contributed by atoms with van der Waals surface area (Å²) in [7, 11) is 0. The number of aromatic nitrogens is 2. The van der Waals surface area contributed by atoms with Crippen LogP contribution in [0.3, 0.4) is 0 Å². The highest BCUT2D eigenvalue weighted by atomic mass is 16.1. The van der Waals surface area contributed by atoms with Crippen molar-refractivity contribution in [2.75, 3.05) is 13.1 Å². The van der Waals surface area contributed by atoms with Crippen molar-refractivity contribution in [1.82, 2.24) is 15.3 Å². The largest absolute Gasteiger partial charge is 0.356 e. The van der Waals surface area contributed by atoms with Crippen LogP contribution in [0.1, 0.15) is 44.3 Å². The van der Waals surface area contributed by atoms with Gasteiger partial charge in [0.15, 0.2) is 0 Å². The molecule has 0 bridgehead atoms. The summed E-state index contributed by atoms with van der Waals surface area (Å²) in [6, 6.07) is 8.01. The highest BCUT2D eigenvalue weighted by Crippen LogP contribution is 2.11. The molecule has 0 aliphatic heterocycles. The summed E-state index contributed by atoms with van der Waals surface area (Å²) in [6.45, 7) is 1.45. The van der Waals surface area contributed by atoms with Crippen molar-refractivity contribution in [3.8, 4) is 0 Å². The predicted molar refractivity (Wildman–Crippen MR) is 89.6 cm³/mol.